The van der Waals surface area contributed by atoms with Crippen LogP contribution in [0.3, 0.4) is 0 Å². The highest BCUT2D eigenvalue weighted by atomic mass is 35.5. The summed E-state index contributed by atoms with van der Waals surface area (Å²) in [7, 11) is 0. The summed E-state index contributed by atoms with van der Waals surface area (Å²) in [6.07, 6.45) is 0.972. The molecule has 0 radical (unpaired) electrons. The molecule has 0 atom stereocenters. The molecule has 8 heteroatoms. The Morgan fingerprint density at radius 1 is 1.13 bits per heavy atom. The van der Waals surface area contributed by atoms with Crippen molar-refractivity contribution in [2.24, 2.45) is 0 Å². The number of halogens is 1. The second kappa shape index (κ2) is 10.7. The van der Waals surface area contributed by atoms with Gasteiger partial charge >= 0.3 is 0 Å². The molecule has 6 nitrogen and oxygen atoms in total. The van der Waals surface area contributed by atoms with Gasteiger partial charge in [0.15, 0.2) is 11.0 Å². The predicted octanol–water partition coefficient (Wildman–Crippen LogP) is 5.44. The second-order valence-corrected chi connectivity index (χ2v) is 8.51. The van der Waals surface area contributed by atoms with Gasteiger partial charge in [0.1, 0.15) is 12.4 Å². The molecule has 1 N–H and O–H groups in total. The van der Waals surface area contributed by atoms with Crippen molar-refractivity contribution in [3.05, 3.63) is 63.9 Å². The Labute approximate surface area is 192 Å². The monoisotopic (exact) mass is 458 g/mol. The van der Waals surface area contributed by atoms with E-state index >= 15 is 0 Å². The van der Waals surface area contributed by atoms with Crippen LogP contribution in [0.25, 0.3) is 0 Å². The number of hydrogen-bond acceptors (Lipinski definition) is 5. The number of hydrogen-bond donors (Lipinski definition) is 1. The minimum atomic E-state index is -0.0789. The number of nitrogens with zero attached hydrogens (tertiary/aromatic N) is 3. The molecule has 0 saturated carbocycles. The quantitative estimate of drug-likeness (QED) is 0.432. The van der Waals surface area contributed by atoms with Crippen molar-refractivity contribution in [3.63, 3.8) is 0 Å². The highest BCUT2D eigenvalue weighted by Crippen LogP contribution is 2.26. The molecular formula is C23H27ClN4O2S. The Bertz CT molecular complexity index is 1030. The molecule has 0 aliphatic heterocycles. The van der Waals surface area contributed by atoms with Gasteiger partial charge < -0.3 is 14.6 Å². The zero-order valence-electron chi connectivity index (χ0n) is 18.2. The van der Waals surface area contributed by atoms with Crippen LogP contribution in [0, 0.1) is 13.8 Å². The van der Waals surface area contributed by atoms with E-state index in [1.54, 1.807) is 0 Å². The third kappa shape index (κ3) is 6.02. The fraction of sp³-hybridized carbons (Fsp3) is 0.348. The maximum atomic E-state index is 12.3. The SMILES string of the molecule is CCc1ccc(NC(=O)CSc2nnc(COc3cc(C)c(Cl)c(C)c3)n2CC)cc1. The molecule has 0 saturated heterocycles. The van der Waals surface area contributed by atoms with Crippen molar-refractivity contribution >= 4 is 35.0 Å². The first-order valence-corrected chi connectivity index (χ1v) is 11.6. The standard InChI is InChI=1S/C23H27ClN4O2S/c1-5-17-7-9-18(10-8-17)25-21(29)14-31-23-27-26-20(28(23)6-2)13-30-19-11-15(3)22(24)16(4)12-19/h7-12H,5-6,13-14H2,1-4H3,(H,25,29). The normalized spacial score (nSPS) is 10.9. The fourth-order valence-electron chi connectivity index (χ4n) is 3.14. The van der Waals surface area contributed by atoms with Crippen LogP contribution in [-0.4, -0.2) is 26.4 Å². The van der Waals surface area contributed by atoms with Gasteiger partial charge in [-0.05, 0) is 68.1 Å². The number of thioether (sulfide) groups is 1. The Morgan fingerprint density at radius 2 is 1.81 bits per heavy atom. The molecule has 3 aromatic rings. The van der Waals surface area contributed by atoms with Crippen molar-refractivity contribution in [1.29, 1.82) is 0 Å². The average Bonchev–Trinajstić information content (AvgIpc) is 3.16. The number of rotatable bonds is 9. The van der Waals surface area contributed by atoms with E-state index in [4.69, 9.17) is 16.3 Å². The van der Waals surface area contributed by atoms with Crippen LogP contribution in [0.1, 0.15) is 36.4 Å². The van der Waals surface area contributed by atoms with E-state index in [1.165, 1.54) is 17.3 Å². The van der Waals surface area contributed by atoms with Crippen molar-refractivity contribution in [2.45, 2.75) is 52.4 Å². The van der Waals surface area contributed by atoms with Crippen LogP contribution < -0.4 is 10.1 Å². The third-order valence-electron chi connectivity index (χ3n) is 4.87. The molecule has 0 unspecified atom stereocenters. The van der Waals surface area contributed by atoms with Crippen LogP contribution in [0.2, 0.25) is 5.02 Å². The van der Waals surface area contributed by atoms with E-state index in [9.17, 15) is 4.79 Å². The van der Waals surface area contributed by atoms with Crippen LogP contribution in [0.5, 0.6) is 5.75 Å². The van der Waals surface area contributed by atoms with E-state index in [-0.39, 0.29) is 18.3 Å². The van der Waals surface area contributed by atoms with Crippen molar-refractivity contribution in [1.82, 2.24) is 14.8 Å². The number of aromatic nitrogens is 3. The van der Waals surface area contributed by atoms with Gasteiger partial charge in [0, 0.05) is 17.3 Å². The zero-order valence-corrected chi connectivity index (χ0v) is 19.8. The molecule has 0 spiro atoms. The average molecular weight is 459 g/mol. The van der Waals surface area contributed by atoms with Crippen LogP contribution >= 0.6 is 23.4 Å². The number of benzene rings is 2. The number of carbonyl (C=O) groups is 1. The number of aryl methyl sites for hydroxylation is 3. The lowest BCUT2D eigenvalue weighted by Crippen LogP contribution is -2.15. The molecule has 0 aliphatic rings. The van der Waals surface area contributed by atoms with Gasteiger partial charge in [-0.3, -0.25) is 4.79 Å². The maximum absolute atomic E-state index is 12.3. The number of nitrogens with one attached hydrogen (secondary N) is 1. The van der Waals surface area contributed by atoms with Gasteiger partial charge in [-0.1, -0.05) is 42.4 Å². The van der Waals surface area contributed by atoms with E-state index in [0.717, 1.165) is 34.0 Å². The van der Waals surface area contributed by atoms with Crippen molar-refractivity contribution < 1.29 is 9.53 Å². The summed E-state index contributed by atoms with van der Waals surface area (Å²) >= 11 is 7.59. The van der Waals surface area contributed by atoms with Gasteiger partial charge in [0.2, 0.25) is 5.91 Å². The van der Waals surface area contributed by atoms with Crippen molar-refractivity contribution in [3.8, 4) is 5.75 Å². The van der Waals surface area contributed by atoms with E-state index in [2.05, 4.69) is 22.4 Å². The number of anilines is 1. The maximum Gasteiger partial charge on any atom is 0.234 e. The highest BCUT2D eigenvalue weighted by Gasteiger charge is 2.14. The summed E-state index contributed by atoms with van der Waals surface area (Å²) in [4.78, 5) is 12.3. The molecule has 0 fully saturated rings. The van der Waals surface area contributed by atoms with Gasteiger partial charge in [0.25, 0.3) is 0 Å². The molecular weight excluding hydrogens is 432 g/mol. The van der Waals surface area contributed by atoms with Crippen LogP contribution in [0.15, 0.2) is 41.6 Å². The summed E-state index contributed by atoms with van der Waals surface area (Å²) < 4.78 is 7.88. The minimum absolute atomic E-state index is 0.0789. The predicted molar refractivity (Wildman–Crippen MR) is 126 cm³/mol. The highest BCUT2D eigenvalue weighted by molar-refractivity contribution is 7.99. The molecule has 3 rings (SSSR count). The molecule has 0 aliphatic carbocycles. The molecule has 0 bridgehead atoms. The number of amides is 1. The topological polar surface area (TPSA) is 69.0 Å². The summed E-state index contributed by atoms with van der Waals surface area (Å²) in [5, 5.41) is 12.9. The second-order valence-electron chi connectivity index (χ2n) is 7.19. The van der Waals surface area contributed by atoms with Gasteiger partial charge in [0.05, 0.1) is 5.75 Å². The first-order chi connectivity index (χ1) is 14.9. The summed E-state index contributed by atoms with van der Waals surface area (Å²) in [6.45, 7) is 9.00. The molecule has 1 aromatic heterocycles. The molecule has 1 heterocycles. The Kier molecular flexibility index (Phi) is 7.98. The number of carbonyl (C=O) groups excluding carboxylic acids is 1. The fourth-order valence-corrected chi connectivity index (χ4v) is 4.07. The molecule has 1 amide bonds. The van der Waals surface area contributed by atoms with E-state index < -0.39 is 0 Å². The molecule has 164 valence electrons. The Balaban J connectivity index is 1.58. The lowest BCUT2D eigenvalue weighted by molar-refractivity contribution is -0.113. The molecule has 31 heavy (non-hydrogen) atoms. The minimum Gasteiger partial charge on any atom is -0.486 e. The lowest BCUT2D eigenvalue weighted by Gasteiger charge is -2.11. The van der Waals surface area contributed by atoms with Gasteiger partial charge in [-0.15, -0.1) is 10.2 Å². The molecule has 2 aromatic carbocycles. The lowest BCUT2D eigenvalue weighted by atomic mass is 10.1. The van der Waals surface area contributed by atoms with E-state index in [0.29, 0.717) is 17.5 Å². The zero-order chi connectivity index (χ0) is 22.4. The number of ether oxygens (including phenoxy) is 1. The van der Waals surface area contributed by atoms with Crippen LogP contribution in [-0.2, 0) is 24.4 Å². The summed E-state index contributed by atoms with van der Waals surface area (Å²) in [5.74, 6) is 1.63. The largest absolute Gasteiger partial charge is 0.486 e. The smallest absolute Gasteiger partial charge is 0.234 e. The van der Waals surface area contributed by atoms with E-state index in [1.807, 2.05) is 61.7 Å². The Hall–Kier alpha value is -2.51. The van der Waals surface area contributed by atoms with Crippen molar-refractivity contribution in [2.75, 3.05) is 11.1 Å². The Morgan fingerprint density at radius 3 is 2.42 bits per heavy atom. The summed E-state index contributed by atoms with van der Waals surface area (Å²) in [6, 6.07) is 11.7. The third-order valence-corrected chi connectivity index (χ3v) is 6.43. The first-order valence-electron chi connectivity index (χ1n) is 10.2. The summed E-state index contributed by atoms with van der Waals surface area (Å²) in [5.41, 5.74) is 3.98. The first kappa shape index (κ1) is 23.2. The van der Waals surface area contributed by atoms with Gasteiger partial charge in [-0.25, -0.2) is 0 Å². The van der Waals surface area contributed by atoms with Gasteiger partial charge in [-0.2, -0.15) is 0 Å². The van der Waals surface area contributed by atoms with Crippen LogP contribution in [0.4, 0.5) is 5.69 Å².